The molecule has 8 nitrogen and oxygen atoms in total. The normalized spacial score (nSPS) is 13.0. The zero-order chi connectivity index (χ0) is 31.3. The Morgan fingerprint density at radius 1 is 0.932 bits per heavy atom. The Labute approximate surface area is 258 Å². The summed E-state index contributed by atoms with van der Waals surface area (Å²) in [5.41, 5.74) is 6.79. The number of aromatic nitrogens is 1. The second-order valence-electron chi connectivity index (χ2n) is 12.4. The fourth-order valence-corrected chi connectivity index (χ4v) is 5.32. The minimum atomic E-state index is -0.856. The molecule has 3 aromatic carbocycles. The first-order valence-electron chi connectivity index (χ1n) is 15.1. The predicted molar refractivity (Wildman–Crippen MR) is 169 cm³/mol. The Bertz CT molecular complexity index is 1600. The van der Waals surface area contributed by atoms with Gasteiger partial charge in [0.15, 0.2) is 0 Å². The van der Waals surface area contributed by atoms with Gasteiger partial charge < -0.3 is 23.9 Å². The van der Waals surface area contributed by atoms with E-state index in [4.69, 9.17) is 18.9 Å². The summed E-state index contributed by atoms with van der Waals surface area (Å²) < 4.78 is 17.9. The maximum atomic E-state index is 12.8. The van der Waals surface area contributed by atoms with Gasteiger partial charge >= 0.3 is 12.1 Å². The SMILES string of the molecule is Cc1oc(-c2ccc(-c3ccccc3)cc2)nc1CCOc1ccc(CCC(=O)O)c2c1CCN(C(=O)OCC(C)(C)C)C2. The van der Waals surface area contributed by atoms with E-state index in [1.165, 1.54) is 0 Å². The molecule has 0 saturated heterocycles. The van der Waals surface area contributed by atoms with Gasteiger partial charge in [0, 0.05) is 37.1 Å². The molecular weight excluding hydrogens is 556 g/mol. The monoisotopic (exact) mass is 596 g/mol. The highest BCUT2D eigenvalue weighted by molar-refractivity contribution is 5.70. The van der Waals surface area contributed by atoms with Gasteiger partial charge in [0.1, 0.15) is 11.5 Å². The zero-order valence-electron chi connectivity index (χ0n) is 25.9. The lowest BCUT2D eigenvalue weighted by molar-refractivity contribution is -0.136. The van der Waals surface area contributed by atoms with Crippen molar-refractivity contribution in [3.8, 4) is 28.3 Å². The highest BCUT2D eigenvalue weighted by Crippen LogP contribution is 2.33. The van der Waals surface area contributed by atoms with Crippen LogP contribution in [0.2, 0.25) is 0 Å². The molecule has 0 radical (unpaired) electrons. The molecule has 2 heterocycles. The average molecular weight is 597 g/mol. The summed E-state index contributed by atoms with van der Waals surface area (Å²) in [5, 5.41) is 9.28. The third-order valence-electron chi connectivity index (χ3n) is 7.69. The number of hydrogen-bond donors (Lipinski definition) is 1. The van der Waals surface area contributed by atoms with E-state index in [0.717, 1.165) is 50.6 Å². The summed E-state index contributed by atoms with van der Waals surface area (Å²) in [5.74, 6) is 1.23. The molecule has 0 atom stereocenters. The van der Waals surface area contributed by atoms with E-state index in [-0.39, 0.29) is 17.9 Å². The van der Waals surface area contributed by atoms with Crippen LogP contribution in [0.4, 0.5) is 4.79 Å². The van der Waals surface area contributed by atoms with Gasteiger partial charge in [-0.25, -0.2) is 9.78 Å². The van der Waals surface area contributed by atoms with Crippen molar-refractivity contribution in [2.45, 2.75) is 59.9 Å². The Morgan fingerprint density at radius 3 is 2.34 bits per heavy atom. The molecule has 0 unspecified atom stereocenters. The van der Waals surface area contributed by atoms with Crippen molar-refractivity contribution < 1.29 is 28.6 Å². The van der Waals surface area contributed by atoms with E-state index in [2.05, 4.69) is 24.3 Å². The number of oxazole rings is 1. The molecule has 0 bridgehead atoms. The Kier molecular flexibility index (Phi) is 9.37. The molecule has 0 fully saturated rings. The van der Waals surface area contributed by atoms with E-state index in [9.17, 15) is 14.7 Å². The number of carboxylic acids is 1. The van der Waals surface area contributed by atoms with Crippen molar-refractivity contribution in [1.29, 1.82) is 0 Å². The van der Waals surface area contributed by atoms with Crippen LogP contribution in [0.25, 0.3) is 22.6 Å². The van der Waals surface area contributed by atoms with Crippen LogP contribution < -0.4 is 4.74 Å². The number of ether oxygens (including phenoxy) is 2. The first kappa shape index (κ1) is 30.9. The Hall–Kier alpha value is -4.59. The summed E-state index contributed by atoms with van der Waals surface area (Å²) in [6, 6.07) is 22.2. The van der Waals surface area contributed by atoms with Gasteiger partial charge in [0.25, 0.3) is 0 Å². The van der Waals surface area contributed by atoms with Gasteiger partial charge in [-0.05, 0) is 65.6 Å². The van der Waals surface area contributed by atoms with E-state index >= 15 is 0 Å². The molecule has 5 rings (SSSR count). The maximum absolute atomic E-state index is 12.8. The van der Waals surface area contributed by atoms with Crippen LogP contribution in [0.15, 0.2) is 71.1 Å². The first-order chi connectivity index (χ1) is 21.1. The number of hydrogen-bond acceptors (Lipinski definition) is 6. The number of carbonyl (C=O) groups is 2. The molecule has 0 spiro atoms. The number of carbonyl (C=O) groups excluding carboxylic acids is 1. The highest BCUT2D eigenvalue weighted by Gasteiger charge is 2.27. The molecule has 230 valence electrons. The van der Waals surface area contributed by atoms with Crippen molar-refractivity contribution in [2.24, 2.45) is 5.41 Å². The van der Waals surface area contributed by atoms with Gasteiger partial charge in [0.2, 0.25) is 5.89 Å². The quantitative estimate of drug-likeness (QED) is 0.202. The summed E-state index contributed by atoms with van der Waals surface area (Å²) >= 11 is 0. The van der Waals surface area contributed by atoms with Crippen LogP contribution in [0.3, 0.4) is 0 Å². The van der Waals surface area contributed by atoms with E-state index in [1.54, 1.807) is 4.90 Å². The van der Waals surface area contributed by atoms with Crippen molar-refractivity contribution in [2.75, 3.05) is 19.8 Å². The van der Waals surface area contributed by atoms with Crippen molar-refractivity contribution in [3.05, 3.63) is 94.9 Å². The van der Waals surface area contributed by atoms with Gasteiger partial charge in [-0.15, -0.1) is 0 Å². The Morgan fingerprint density at radius 2 is 1.64 bits per heavy atom. The molecule has 4 aromatic rings. The third kappa shape index (κ3) is 7.67. The van der Waals surface area contributed by atoms with Gasteiger partial charge in [-0.2, -0.15) is 0 Å². The second kappa shape index (κ2) is 13.4. The maximum Gasteiger partial charge on any atom is 0.410 e. The van der Waals surface area contributed by atoms with Gasteiger partial charge in [-0.1, -0.05) is 69.3 Å². The molecule has 0 aliphatic carbocycles. The van der Waals surface area contributed by atoms with E-state index in [1.807, 2.05) is 70.2 Å². The smallest absolute Gasteiger partial charge is 0.410 e. The van der Waals surface area contributed by atoms with Crippen LogP contribution in [-0.4, -0.2) is 46.8 Å². The second-order valence-corrected chi connectivity index (χ2v) is 12.4. The largest absolute Gasteiger partial charge is 0.493 e. The highest BCUT2D eigenvalue weighted by atomic mass is 16.6. The van der Waals surface area contributed by atoms with Crippen LogP contribution >= 0.6 is 0 Å². The van der Waals surface area contributed by atoms with Crippen LogP contribution in [0.5, 0.6) is 5.75 Å². The average Bonchev–Trinajstić information content (AvgIpc) is 3.39. The van der Waals surface area contributed by atoms with Gasteiger partial charge in [0.05, 0.1) is 18.9 Å². The summed E-state index contributed by atoms with van der Waals surface area (Å²) in [6.45, 7) is 9.56. The first-order valence-corrected chi connectivity index (χ1v) is 15.1. The molecule has 44 heavy (non-hydrogen) atoms. The summed E-state index contributed by atoms with van der Waals surface area (Å²) in [4.78, 5) is 30.6. The molecule has 1 aliphatic rings. The predicted octanol–water partition coefficient (Wildman–Crippen LogP) is 7.50. The number of aryl methyl sites for hydroxylation is 2. The molecule has 0 saturated carbocycles. The number of amides is 1. The molecule has 1 amide bonds. The lowest BCUT2D eigenvalue weighted by Crippen LogP contribution is -2.38. The molecule has 1 N–H and O–H groups in total. The summed E-state index contributed by atoms with van der Waals surface area (Å²) in [7, 11) is 0. The molecular formula is C36H40N2O6. The van der Waals surface area contributed by atoms with Crippen LogP contribution in [-0.2, 0) is 35.3 Å². The number of carboxylic acid groups (broad SMARTS) is 1. The Balaban J connectivity index is 1.26. The van der Waals surface area contributed by atoms with Crippen LogP contribution in [0, 0.1) is 12.3 Å². The number of benzene rings is 3. The minimum absolute atomic E-state index is 0.0177. The van der Waals surface area contributed by atoms with Gasteiger partial charge in [-0.3, -0.25) is 4.79 Å². The lowest BCUT2D eigenvalue weighted by Gasteiger charge is -2.32. The van der Waals surface area contributed by atoms with Crippen molar-refractivity contribution in [3.63, 3.8) is 0 Å². The molecule has 1 aromatic heterocycles. The fraction of sp³-hybridized carbons (Fsp3) is 0.361. The topological polar surface area (TPSA) is 102 Å². The van der Waals surface area contributed by atoms with E-state index in [0.29, 0.717) is 51.5 Å². The van der Waals surface area contributed by atoms with Crippen molar-refractivity contribution >= 4 is 12.1 Å². The number of rotatable bonds is 10. The van der Waals surface area contributed by atoms with E-state index < -0.39 is 5.97 Å². The molecule has 8 heteroatoms. The zero-order valence-corrected chi connectivity index (χ0v) is 25.9. The third-order valence-corrected chi connectivity index (χ3v) is 7.69. The lowest BCUT2D eigenvalue weighted by atomic mass is 9.92. The fourth-order valence-electron chi connectivity index (χ4n) is 5.32. The summed E-state index contributed by atoms with van der Waals surface area (Å²) in [6.07, 6.45) is 1.22. The molecule has 1 aliphatic heterocycles. The minimum Gasteiger partial charge on any atom is -0.493 e. The standard InChI is InChI=1S/C36H40N2O6/c1-24-31(37-34(44-24)28-12-10-26(11-13-28)25-8-6-5-7-9-25)19-21-42-32-16-14-27(15-17-33(39)40)30-22-38(20-18-29(30)32)35(41)43-23-36(2,3)4/h5-14,16H,15,17-23H2,1-4H3,(H,39,40). The van der Waals surface area contributed by atoms with Crippen LogP contribution in [0.1, 0.15) is 55.3 Å². The number of fused-ring (bicyclic) bond motifs is 1. The number of nitrogens with zero attached hydrogens (tertiary/aromatic N) is 2. The van der Waals surface area contributed by atoms with Crippen molar-refractivity contribution in [1.82, 2.24) is 9.88 Å². The number of aliphatic carboxylic acids is 1.